The number of carbonyl (C=O) groups excluding carboxylic acids is 3. The van der Waals surface area contributed by atoms with Crippen molar-refractivity contribution >= 4 is 29.5 Å². The summed E-state index contributed by atoms with van der Waals surface area (Å²) in [6.07, 6.45) is 7.80. The highest BCUT2D eigenvalue weighted by molar-refractivity contribution is 7.98. The Morgan fingerprint density at radius 1 is 0.891 bits per heavy atom. The molecule has 3 aromatic rings. The van der Waals surface area contributed by atoms with Gasteiger partial charge in [-0.1, -0.05) is 103 Å². The van der Waals surface area contributed by atoms with E-state index in [2.05, 4.69) is 22.8 Å². The monoisotopic (exact) mass is 642 g/mol. The first-order valence-corrected chi connectivity index (χ1v) is 17.4. The van der Waals surface area contributed by atoms with E-state index in [9.17, 15) is 19.5 Å². The number of ether oxygens (including phenoxy) is 1. The van der Waals surface area contributed by atoms with Gasteiger partial charge in [0.25, 0.3) is 0 Å². The summed E-state index contributed by atoms with van der Waals surface area (Å²) in [6, 6.07) is 28.9. The van der Waals surface area contributed by atoms with Crippen molar-refractivity contribution < 1.29 is 24.2 Å². The fourth-order valence-electron chi connectivity index (χ4n) is 5.56. The Bertz CT molecular complexity index is 1370. The minimum Gasteiger partial charge on any atom is -0.463 e. The number of aliphatic hydroxyl groups excluding tert-OH is 1. The predicted molar refractivity (Wildman–Crippen MR) is 184 cm³/mol. The van der Waals surface area contributed by atoms with Crippen LogP contribution >= 0.6 is 11.8 Å². The second-order valence-corrected chi connectivity index (χ2v) is 12.9. The molecule has 0 aliphatic carbocycles. The summed E-state index contributed by atoms with van der Waals surface area (Å²) < 4.78 is 5.88. The molecule has 46 heavy (non-hydrogen) atoms. The highest BCUT2D eigenvalue weighted by Gasteiger charge is 2.27. The van der Waals surface area contributed by atoms with Crippen molar-refractivity contribution in [3.63, 3.8) is 0 Å². The van der Waals surface area contributed by atoms with Crippen LogP contribution in [0.15, 0.2) is 103 Å². The van der Waals surface area contributed by atoms with Gasteiger partial charge in [0, 0.05) is 17.9 Å². The van der Waals surface area contributed by atoms with Gasteiger partial charge in [-0.15, -0.1) is 0 Å². The number of rotatable bonds is 12. The summed E-state index contributed by atoms with van der Waals surface area (Å²) in [6.45, 7) is -0.134. The lowest BCUT2D eigenvalue weighted by Gasteiger charge is -2.24. The van der Waals surface area contributed by atoms with Crippen molar-refractivity contribution in [2.75, 3.05) is 19.0 Å². The highest BCUT2D eigenvalue weighted by Crippen LogP contribution is 2.20. The Hall–Kier alpha value is -3.88. The first-order valence-electron chi connectivity index (χ1n) is 16.2. The van der Waals surface area contributed by atoms with Gasteiger partial charge in [0.15, 0.2) is 0 Å². The first-order chi connectivity index (χ1) is 22.5. The molecule has 8 heteroatoms. The maximum Gasteiger partial charge on any atom is 0.309 e. The van der Waals surface area contributed by atoms with Crippen LogP contribution in [0.5, 0.6) is 0 Å². The Morgan fingerprint density at radius 2 is 1.54 bits per heavy atom. The smallest absolute Gasteiger partial charge is 0.309 e. The molecule has 7 nitrogen and oxygen atoms in total. The zero-order valence-electron chi connectivity index (χ0n) is 26.4. The van der Waals surface area contributed by atoms with E-state index in [1.165, 1.54) is 5.56 Å². The number of thioether (sulfide) groups is 1. The van der Waals surface area contributed by atoms with Gasteiger partial charge in [0.1, 0.15) is 6.61 Å². The molecule has 0 saturated heterocycles. The summed E-state index contributed by atoms with van der Waals surface area (Å²) in [7, 11) is 0. The maximum absolute atomic E-state index is 13.7. The van der Waals surface area contributed by atoms with Crippen LogP contribution in [0.3, 0.4) is 0 Å². The molecule has 0 fully saturated rings. The summed E-state index contributed by atoms with van der Waals surface area (Å²) in [5.74, 6) is -0.331. The zero-order chi connectivity index (χ0) is 32.4. The van der Waals surface area contributed by atoms with Crippen LogP contribution in [0.25, 0.3) is 0 Å². The highest BCUT2D eigenvalue weighted by atomic mass is 32.2. The van der Waals surface area contributed by atoms with Crippen LogP contribution in [-0.2, 0) is 37.7 Å². The van der Waals surface area contributed by atoms with E-state index in [1.807, 2.05) is 91.0 Å². The fourth-order valence-corrected chi connectivity index (χ4v) is 6.57. The van der Waals surface area contributed by atoms with Gasteiger partial charge < -0.3 is 20.5 Å². The normalized spacial score (nSPS) is 20.2. The quantitative estimate of drug-likeness (QED) is 0.174. The van der Waals surface area contributed by atoms with Gasteiger partial charge in [0.2, 0.25) is 11.8 Å². The number of nitrogens with one attached hydrogen (secondary N) is 2. The average Bonchev–Trinajstić information content (AvgIpc) is 3.08. The molecule has 0 bridgehead atoms. The number of cyclic esters (lactones) is 1. The van der Waals surface area contributed by atoms with E-state index in [0.717, 1.165) is 29.7 Å². The van der Waals surface area contributed by atoms with Crippen molar-refractivity contribution in [2.24, 2.45) is 11.8 Å². The Kier molecular flexibility index (Phi) is 14.9. The molecular weight excluding hydrogens is 596 g/mol. The molecule has 1 aliphatic rings. The van der Waals surface area contributed by atoms with E-state index < -0.39 is 18.0 Å². The molecule has 4 unspecified atom stereocenters. The third-order valence-electron chi connectivity index (χ3n) is 8.09. The van der Waals surface area contributed by atoms with Gasteiger partial charge in [-0.25, -0.2) is 0 Å². The van der Waals surface area contributed by atoms with Crippen molar-refractivity contribution in [1.82, 2.24) is 10.6 Å². The summed E-state index contributed by atoms with van der Waals surface area (Å²) in [4.78, 5) is 40.2. The molecule has 0 aromatic heterocycles. The van der Waals surface area contributed by atoms with Gasteiger partial charge in [0.05, 0.1) is 30.5 Å². The molecule has 2 amide bonds. The maximum atomic E-state index is 13.7. The van der Waals surface area contributed by atoms with Crippen molar-refractivity contribution in [1.29, 1.82) is 0 Å². The van der Waals surface area contributed by atoms with Gasteiger partial charge in [-0.2, -0.15) is 11.8 Å². The summed E-state index contributed by atoms with van der Waals surface area (Å²) in [5.41, 5.74) is 3.28. The molecular formula is C38H46N2O5S. The lowest BCUT2D eigenvalue weighted by Crippen LogP contribution is -2.46. The van der Waals surface area contributed by atoms with E-state index in [0.29, 0.717) is 31.4 Å². The third kappa shape index (κ3) is 12.5. The van der Waals surface area contributed by atoms with Gasteiger partial charge in [-0.3, -0.25) is 14.4 Å². The van der Waals surface area contributed by atoms with E-state index in [4.69, 9.17) is 4.74 Å². The molecule has 3 N–H and O–H groups in total. The number of allylic oxidation sites excluding steroid dienone is 2. The number of carbonyl (C=O) groups is 3. The Labute approximate surface area is 277 Å². The molecule has 1 heterocycles. The standard InChI is InChI=1S/C38H46N2O5S/c41-25-34(23-30-16-8-4-9-17-30)39-36(42)24-32-20-12-1-2-13-21-33(22-29-14-6-3-7-15-29)38(44)45-26-35(40-37(32)43)28-46-27-31-18-10-5-11-19-31/h1,3-12,14-19,32-35,41H,2,13,20-28H2,(H,39,42)(H,40,43). The lowest BCUT2D eigenvalue weighted by molar-refractivity contribution is -0.150. The molecule has 0 saturated carbocycles. The Balaban J connectivity index is 1.44. The van der Waals surface area contributed by atoms with E-state index >= 15 is 0 Å². The largest absolute Gasteiger partial charge is 0.463 e. The second-order valence-electron chi connectivity index (χ2n) is 11.9. The molecule has 4 atom stereocenters. The lowest BCUT2D eigenvalue weighted by atomic mass is 9.93. The topological polar surface area (TPSA) is 105 Å². The first kappa shape index (κ1) is 35.0. The van der Waals surface area contributed by atoms with Crippen LogP contribution in [0.1, 0.15) is 48.8 Å². The summed E-state index contributed by atoms with van der Waals surface area (Å²) in [5, 5.41) is 15.9. The molecule has 0 radical (unpaired) electrons. The zero-order valence-corrected chi connectivity index (χ0v) is 27.2. The molecule has 244 valence electrons. The van der Waals surface area contributed by atoms with E-state index in [1.54, 1.807) is 11.8 Å². The van der Waals surface area contributed by atoms with Crippen molar-refractivity contribution in [2.45, 2.75) is 62.8 Å². The number of hydrogen-bond acceptors (Lipinski definition) is 6. The van der Waals surface area contributed by atoms with Crippen LogP contribution in [0.4, 0.5) is 0 Å². The van der Waals surface area contributed by atoms with E-state index in [-0.39, 0.29) is 43.3 Å². The average molecular weight is 643 g/mol. The number of benzene rings is 3. The summed E-state index contributed by atoms with van der Waals surface area (Å²) >= 11 is 1.66. The van der Waals surface area contributed by atoms with Crippen LogP contribution < -0.4 is 10.6 Å². The van der Waals surface area contributed by atoms with Crippen LogP contribution in [0.2, 0.25) is 0 Å². The van der Waals surface area contributed by atoms with Crippen molar-refractivity contribution in [3.05, 3.63) is 120 Å². The number of hydrogen-bond donors (Lipinski definition) is 3. The molecule has 3 aromatic carbocycles. The van der Waals surface area contributed by atoms with Gasteiger partial charge in [-0.05, 0) is 55.2 Å². The molecule has 0 spiro atoms. The Morgan fingerprint density at radius 3 is 2.22 bits per heavy atom. The number of amides is 2. The minimum atomic E-state index is -0.599. The SMILES string of the molecule is O=C(CC1CC=CCCCC(Cc2ccccc2)C(=O)OCC(CSCc2ccccc2)NC1=O)NC(CO)Cc1ccccc1. The predicted octanol–water partition coefficient (Wildman–Crippen LogP) is 5.66. The van der Waals surface area contributed by atoms with Crippen LogP contribution in [0, 0.1) is 11.8 Å². The molecule has 1 aliphatic heterocycles. The molecule has 4 rings (SSSR count). The van der Waals surface area contributed by atoms with Crippen LogP contribution in [-0.4, -0.2) is 53.9 Å². The number of esters is 1. The minimum absolute atomic E-state index is 0.00964. The second kappa shape index (κ2) is 19.6. The number of aliphatic hydroxyl groups is 1. The van der Waals surface area contributed by atoms with Crippen molar-refractivity contribution in [3.8, 4) is 0 Å². The van der Waals surface area contributed by atoms with Gasteiger partial charge >= 0.3 is 5.97 Å². The fraction of sp³-hybridized carbons (Fsp3) is 0.395. The third-order valence-corrected chi connectivity index (χ3v) is 9.26.